The highest BCUT2D eigenvalue weighted by molar-refractivity contribution is 6.22. The van der Waals surface area contributed by atoms with Crippen molar-refractivity contribution in [2.75, 3.05) is 0 Å². The van der Waals surface area contributed by atoms with Crippen LogP contribution in [0.25, 0.3) is 99.5 Å². The molecular formula is C49H31N3. The van der Waals surface area contributed by atoms with Gasteiger partial charge in [-0.3, -0.25) is 0 Å². The van der Waals surface area contributed by atoms with E-state index in [0.717, 1.165) is 27.8 Å². The van der Waals surface area contributed by atoms with Gasteiger partial charge in [-0.25, -0.2) is 15.0 Å². The number of aromatic nitrogens is 3. The van der Waals surface area contributed by atoms with Crippen LogP contribution >= 0.6 is 0 Å². The molecule has 0 radical (unpaired) electrons. The Morgan fingerprint density at radius 2 is 0.769 bits per heavy atom. The molecule has 10 aromatic rings. The van der Waals surface area contributed by atoms with Crippen molar-refractivity contribution in [3.05, 3.63) is 188 Å². The van der Waals surface area contributed by atoms with Gasteiger partial charge in [0.2, 0.25) is 0 Å². The molecule has 10 rings (SSSR count). The predicted molar refractivity (Wildman–Crippen MR) is 217 cm³/mol. The average molecular weight is 662 g/mol. The van der Waals surface area contributed by atoms with Gasteiger partial charge in [-0.15, -0.1) is 0 Å². The van der Waals surface area contributed by atoms with Crippen LogP contribution in [0.1, 0.15) is 0 Å². The van der Waals surface area contributed by atoms with Gasteiger partial charge in [0.1, 0.15) is 0 Å². The van der Waals surface area contributed by atoms with Crippen LogP contribution in [0.2, 0.25) is 0 Å². The summed E-state index contributed by atoms with van der Waals surface area (Å²) < 4.78 is 0. The molecule has 0 saturated carbocycles. The number of hydrogen-bond acceptors (Lipinski definition) is 3. The van der Waals surface area contributed by atoms with E-state index >= 15 is 0 Å². The van der Waals surface area contributed by atoms with Crippen LogP contribution in [0.4, 0.5) is 0 Å². The maximum atomic E-state index is 5.12. The molecule has 242 valence electrons. The largest absolute Gasteiger partial charge is 0.208 e. The lowest BCUT2D eigenvalue weighted by Crippen LogP contribution is -2.00. The van der Waals surface area contributed by atoms with Crippen molar-refractivity contribution >= 4 is 43.1 Å². The van der Waals surface area contributed by atoms with Gasteiger partial charge in [0.15, 0.2) is 17.5 Å². The smallest absolute Gasteiger partial charge is 0.164 e. The van der Waals surface area contributed by atoms with Crippen molar-refractivity contribution in [2.45, 2.75) is 0 Å². The highest BCUT2D eigenvalue weighted by Crippen LogP contribution is 2.41. The molecular weight excluding hydrogens is 631 g/mol. The lowest BCUT2D eigenvalue weighted by atomic mass is 9.89. The second-order valence-electron chi connectivity index (χ2n) is 13.2. The van der Waals surface area contributed by atoms with Gasteiger partial charge >= 0.3 is 0 Å². The second-order valence-corrected chi connectivity index (χ2v) is 13.2. The molecule has 0 amide bonds. The molecule has 9 aromatic carbocycles. The Balaban J connectivity index is 1.12. The van der Waals surface area contributed by atoms with E-state index in [1.807, 2.05) is 18.2 Å². The molecule has 0 aliphatic rings. The minimum atomic E-state index is 0.638. The third-order valence-electron chi connectivity index (χ3n) is 10.1. The minimum absolute atomic E-state index is 0.638. The molecule has 0 bridgehead atoms. The number of nitrogens with zero attached hydrogens (tertiary/aromatic N) is 3. The van der Waals surface area contributed by atoms with Gasteiger partial charge in [-0.1, -0.05) is 176 Å². The zero-order valence-electron chi connectivity index (χ0n) is 28.2. The molecule has 0 unspecified atom stereocenters. The van der Waals surface area contributed by atoms with Gasteiger partial charge in [-0.05, 0) is 77.5 Å². The van der Waals surface area contributed by atoms with Crippen LogP contribution < -0.4 is 0 Å². The Morgan fingerprint density at radius 3 is 1.54 bits per heavy atom. The molecule has 52 heavy (non-hydrogen) atoms. The van der Waals surface area contributed by atoms with E-state index in [1.165, 1.54) is 54.2 Å². The molecule has 0 fully saturated rings. The zero-order valence-corrected chi connectivity index (χ0v) is 28.2. The van der Waals surface area contributed by atoms with Crippen molar-refractivity contribution in [2.24, 2.45) is 0 Å². The average Bonchev–Trinajstić information content (AvgIpc) is 3.23. The number of rotatable bonds is 5. The first-order valence-electron chi connectivity index (χ1n) is 17.6. The first kappa shape index (κ1) is 29.9. The summed E-state index contributed by atoms with van der Waals surface area (Å²) in [5, 5.41) is 9.89. The molecule has 0 N–H and O–H groups in total. The van der Waals surface area contributed by atoms with E-state index in [-0.39, 0.29) is 0 Å². The Bertz CT molecular complexity index is 2940. The molecule has 1 heterocycles. The fourth-order valence-corrected chi connectivity index (χ4v) is 7.58. The van der Waals surface area contributed by atoms with Crippen LogP contribution in [-0.2, 0) is 0 Å². The van der Waals surface area contributed by atoms with Gasteiger partial charge < -0.3 is 0 Å². The van der Waals surface area contributed by atoms with Crippen LogP contribution in [0.15, 0.2) is 188 Å². The van der Waals surface area contributed by atoms with Gasteiger partial charge in [-0.2, -0.15) is 0 Å². The second kappa shape index (κ2) is 12.4. The predicted octanol–water partition coefficient (Wildman–Crippen LogP) is 12.8. The van der Waals surface area contributed by atoms with Crippen LogP contribution in [0, 0.1) is 0 Å². The highest BCUT2D eigenvalue weighted by atomic mass is 15.0. The molecule has 0 aliphatic heterocycles. The summed E-state index contributed by atoms with van der Waals surface area (Å²) in [7, 11) is 0. The summed E-state index contributed by atoms with van der Waals surface area (Å²) in [6, 6.07) is 66.5. The Morgan fingerprint density at radius 1 is 0.269 bits per heavy atom. The van der Waals surface area contributed by atoms with Crippen molar-refractivity contribution in [1.29, 1.82) is 0 Å². The summed E-state index contributed by atoms with van der Waals surface area (Å²) in [5.74, 6) is 1.92. The SMILES string of the molecule is c1ccc(-c2nc(-c3ccc(-c4c5ccccc5cc5ccc6ccccc6c45)cc3)nc(-c3cccc(-c4cccc5ccccc45)c3)n2)cc1. The molecule has 0 atom stereocenters. The Labute approximate surface area is 301 Å². The fourth-order valence-electron chi connectivity index (χ4n) is 7.58. The van der Waals surface area contributed by atoms with Crippen molar-refractivity contribution in [3.8, 4) is 56.4 Å². The van der Waals surface area contributed by atoms with Crippen molar-refractivity contribution < 1.29 is 0 Å². The number of fused-ring (bicyclic) bond motifs is 5. The number of hydrogen-bond donors (Lipinski definition) is 0. The van der Waals surface area contributed by atoms with E-state index in [4.69, 9.17) is 15.0 Å². The zero-order chi connectivity index (χ0) is 34.4. The quantitative estimate of drug-likeness (QED) is 0.136. The van der Waals surface area contributed by atoms with Crippen LogP contribution in [-0.4, -0.2) is 15.0 Å². The Hall–Kier alpha value is -6.97. The summed E-state index contributed by atoms with van der Waals surface area (Å²) >= 11 is 0. The van der Waals surface area contributed by atoms with E-state index in [1.54, 1.807) is 0 Å². The van der Waals surface area contributed by atoms with Gasteiger partial charge in [0, 0.05) is 16.7 Å². The molecule has 0 saturated heterocycles. The summed E-state index contributed by atoms with van der Waals surface area (Å²) in [6.45, 7) is 0. The minimum Gasteiger partial charge on any atom is -0.208 e. The molecule has 0 spiro atoms. The third kappa shape index (κ3) is 5.19. The fraction of sp³-hybridized carbons (Fsp3) is 0. The standard InChI is InChI=1S/C49H31N3/c1-2-14-35(15-3-1)47-50-48(52-49(51-47)40-19-10-18-37(31-40)42-23-11-17-32-12-4-7-20-41(32)42)36-27-25-34(26-28-36)45-44-22-9-6-16-38(44)30-39-29-24-33-13-5-8-21-43(33)46(39)45/h1-31H. The normalized spacial score (nSPS) is 11.5. The Kier molecular flexibility index (Phi) is 7.14. The van der Waals surface area contributed by atoms with Gasteiger partial charge in [0.25, 0.3) is 0 Å². The topological polar surface area (TPSA) is 38.7 Å². The monoisotopic (exact) mass is 661 g/mol. The maximum absolute atomic E-state index is 5.12. The summed E-state index contributed by atoms with van der Waals surface area (Å²) in [4.78, 5) is 15.2. The summed E-state index contributed by atoms with van der Waals surface area (Å²) in [6.07, 6.45) is 0. The van der Waals surface area contributed by atoms with Crippen molar-refractivity contribution in [1.82, 2.24) is 15.0 Å². The van der Waals surface area contributed by atoms with Crippen molar-refractivity contribution in [3.63, 3.8) is 0 Å². The lowest BCUT2D eigenvalue weighted by Gasteiger charge is -2.15. The lowest BCUT2D eigenvalue weighted by molar-refractivity contribution is 1.07. The van der Waals surface area contributed by atoms with E-state index in [2.05, 4.69) is 170 Å². The van der Waals surface area contributed by atoms with Gasteiger partial charge in [0.05, 0.1) is 0 Å². The van der Waals surface area contributed by atoms with E-state index in [9.17, 15) is 0 Å². The first-order valence-corrected chi connectivity index (χ1v) is 17.6. The third-order valence-corrected chi connectivity index (χ3v) is 10.1. The molecule has 3 nitrogen and oxygen atoms in total. The first-order chi connectivity index (χ1) is 25.8. The maximum Gasteiger partial charge on any atom is 0.164 e. The van der Waals surface area contributed by atoms with E-state index < -0.39 is 0 Å². The molecule has 1 aromatic heterocycles. The van der Waals surface area contributed by atoms with Crippen LogP contribution in [0.3, 0.4) is 0 Å². The van der Waals surface area contributed by atoms with E-state index in [0.29, 0.717) is 17.5 Å². The number of benzene rings is 9. The highest BCUT2D eigenvalue weighted by Gasteiger charge is 2.16. The summed E-state index contributed by atoms with van der Waals surface area (Å²) in [5.41, 5.74) is 7.52. The van der Waals surface area contributed by atoms with Crippen LogP contribution in [0.5, 0.6) is 0 Å². The molecule has 0 aliphatic carbocycles. The molecule has 3 heteroatoms.